The zero-order chi connectivity index (χ0) is 14.4. The smallest absolute Gasteiger partial charge is 0.279 e. The van der Waals surface area contributed by atoms with Crippen LogP contribution in [0.1, 0.15) is 5.56 Å². The number of benzene rings is 2. The van der Waals surface area contributed by atoms with E-state index in [4.69, 9.17) is 0 Å². The molecule has 0 bridgehead atoms. The lowest BCUT2D eigenvalue weighted by atomic mass is 10.2. The highest BCUT2D eigenvalue weighted by atomic mass is 19.1. The van der Waals surface area contributed by atoms with Crippen molar-refractivity contribution in [2.24, 2.45) is 0 Å². The highest BCUT2D eigenvalue weighted by molar-refractivity contribution is 5.91. The van der Waals surface area contributed by atoms with Crippen molar-refractivity contribution in [3.05, 3.63) is 66.0 Å². The van der Waals surface area contributed by atoms with Crippen molar-refractivity contribution in [2.45, 2.75) is 6.54 Å². The lowest BCUT2D eigenvalue weighted by molar-refractivity contribution is -0.885. The van der Waals surface area contributed by atoms with E-state index in [1.54, 1.807) is 12.1 Å². The number of nitrogens with one attached hydrogen (secondary N) is 2. The van der Waals surface area contributed by atoms with Gasteiger partial charge in [0.05, 0.1) is 7.05 Å². The van der Waals surface area contributed by atoms with Crippen LogP contribution in [0.5, 0.6) is 0 Å². The summed E-state index contributed by atoms with van der Waals surface area (Å²) >= 11 is 0. The van der Waals surface area contributed by atoms with E-state index in [1.165, 1.54) is 12.1 Å². The standard InChI is InChI=1S/C16H17FN2O/c1-19(11-13-7-9-14(17)10-8-13)12-16(20)18-15-5-3-2-4-6-15/h2-10H,11-12H2,1H3,(H,18,20)/p+1. The lowest BCUT2D eigenvalue weighted by Gasteiger charge is -2.14. The largest absolute Gasteiger partial charge is 0.326 e. The number of hydrogen-bond donors (Lipinski definition) is 2. The Balaban J connectivity index is 1.83. The van der Waals surface area contributed by atoms with E-state index >= 15 is 0 Å². The maximum Gasteiger partial charge on any atom is 0.279 e. The molecule has 104 valence electrons. The van der Waals surface area contributed by atoms with Crippen LogP contribution in [0, 0.1) is 5.82 Å². The Morgan fingerprint density at radius 3 is 2.40 bits per heavy atom. The second kappa shape index (κ2) is 6.82. The fourth-order valence-corrected chi connectivity index (χ4v) is 2.01. The van der Waals surface area contributed by atoms with Crippen molar-refractivity contribution in [1.29, 1.82) is 0 Å². The molecular weight excluding hydrogens is 255 g/mol. The van der Waals surface area contributed by atoms with Crippen molar-refractivity contribution >= 4 is 11.6 Å². The van der Waals surface area contributed by atoms with Gasteiger partial charge in [-0.2, -0.15) is 0 Å². The number of rotatable bonds is 5. The lowest BCUT2D eigenvalue weighted by Crippen LogP contribution is -3.08. The van der Waals surface area contributed by atoms with Gasteiger partial charge in [0.15, 0.2) is 6.54 Å². The average molecular weight is 273 g/mol. The average Bonchev–Trinajstić information content (AvgIpc) is 2.42. The summed E-state index contributed by atoms with van der Waals surface area (Å²) in [5.74, 6) is -0.274. The van der Waals surface area contributed by atoms with Gasteiger partial charge in [-0.05, 0) is 24.3 Å². The van der Waals surface area contributed by atoms with Crippen molar-refractivity contribution < 1.29 is 14.1 Å². The topological polar surface area (TPSA) is 33.5 Å². The molecule has 1 atom stereocenters. The normalized spacial score (nSPS) is 11.9. The van der Waals surface area contributed by atoms with E-state index in [-0.39, 0.29) is 11.7 Å². The number of anilines is 1. The molecule has 2 aromatic rings. The molecule has 0 aliphatic heterocycles. The molecule has 0 spiro atoms. The highest BCUT2D eigenvalue weighted by Gasteiger charge is 2.10. The van der Waals surface area contributed by atoms with Gasteiger partial charge in [0.25, 0.3) is 5.91 Å². The molecule has 0 heterocycles. The van der Waals surface area contributed by atoms with E-state index in [1.807, 2.05) is 37.4 Å². The third kappa shape index (κ3) is 4.48. The Kier molecular flexibility index (Phi) is 4.85. The van der Waals surface area contributed by atoms with Crippen LogP contribution in [0.25, 0.3) is 0 Å². The van der Waals surface area contributed by atoms with E-state index in [9.17, 15) is 9.18 Å². The predicted molar refractivity (Wildman–Crippen MR) is 76.9 cm³/mol. The van der Waals surface area contributed by atoms with Crippen molar-refractivity contribution in [1.82, 2.24) is 0 Å². The number of hydrogen-bond acceptors (Lipinski definition) is 1. The fraction of sp³-hybridized carbons (Fsp3) is 0.188. The predicted octanol–water partition coefficient (Wildman–Crippen LogP) is 1.48. The van der Waals surface area contributed by atoms with Gasteiger partial charge in [0, 0.05) is 11.3 Å². The van der Waals surface area contributed by atoms with Gasteiger partial charge < -0.3 is 10.2 Å². The molecule has 0 fully saturated rings. The highest BCUT2D eigenvalue weighted by Crippen LogP contribution is 2.04. The Morgan fingerprint density at radius 1 is 1.10 bits per heavy atom. The number of para-hydroxylation sites is 1. The summed E-state index contributed by atoms with van der Waals surface area (Å²) in [6.07, 6.45) is 0. The Bertz CT molecular complexity index is 554. The quantitative estimate of drug-likeness (QED) is 0.850. The van der Waals surface area contributed by atoms with Crippen LogP contribution in [0.2, 0.25) is 0 Å². The van der Waals surface area contributed by atoms with Crippen LogP contribution in [0.15, 0.2) is 54.6 Å². The van der Waals surface area contributed by atoms with Gasteiger partial charge in [-0.15, -0.1) is 0 Å². The van der Waals surface area contributed by atoms with E-state index in [0.717, 1.165) is 16.2 Å². The van der Waals surface area contributed by atoms with Crippen LogP contribution < -0.4 is 10.2 Å². The summed E-state index contributed by atoms with van der Waals surface area (Å²) in [4.78, 5) is 12.9. The number of halogens is 1. The second-order valence-electron chi connectivity index (χ2n) is 4.85. The van der Waals surface area contributed by atoms with Gasteiger partial charge in [-0.3, -0.25) is 4.79 Å². The molecule has 0 saturated heterocycles. The molecule has 1 unspecified atom stereocenters. The first-order valence-electron chi connectivity index (χ1n) is 6.54. The monoisotopic (exact) mass is 273 g/mol. The number of carbonyl (C=O) groups is 1. The number of amides is 1. The van der Waals surface area contributed by atoms with E-state index in [0.29, 0.717) is 13.1 Å². The zero-order valence-corrected chi connectivity index (χ0v) is 11.4. The van der Waals surface area contributed by atoms with Gasteiger partial charge in [-0.1, -0.05) is 30.3 Å². The van der Waals surface area contributed by atoms with Gasteiger partial charge >= 0.3 is 0 Å². The Hall–Kier alpha value is -2.20. The minimum Gasteiger partial charge on any atom is -0.326 e. The first-order chi connectivity index (χ1) is 9.63. The van der Waals surface area contributed by atoms with Crippen molar-refractivity contribution in [3.63, 3.8) is 0 Å². The third-order valence-electron chi connectivity index (χ3n) is 2.94. The van der Waals surface area contributed by atoms with Gasteiger partial charge in [0.2, 0.25) is 0 Å². The Labute approximate surface area is 118 Å². The molecule has 0 radical (unpaired) electrons. The van der Waals surface area contributed by atoms with E-state index < -0.39 is 0 Å². The molecule has 2 rings (SSSR count). The fourth-order valence-electron chi connectivity index (χ4n) is 2.01. The molecule has 0 aliphatic carbocycles. The molecular formula is C16H18FN2O+. The first kappa shape index (κ1) is 14.2. The summed E-state index contributed by atoms with van der Waals surface area (Å²) in [7, 11) is 1.94. The molecule has 20 heavy (non-hydrogen) atoms. The molecule has 3 nitrogen and oxygen atoms in total. The summed E-state index contributed by atoms with van der Waals surface area (Å²) < 4.78 is 12.8. The van der Waals surface area contributed by atoms with Crippen molar-refractivity contribution in [3.8, 4) is 0 Å². The molecule has 0 aromatic heterocycles. The summed E-state index contributed by atoms with van der Waals surface area (Å²) in [5.41, 5.74) is 1.81. The van der Waals surface area contributed by atoms with Gasteiger partial charge in [0.1, 0.15) is 12.4 Å². The third-order valence-corrected chi connectivity index (χ3v) is 2.94. The van der Waals surface area contributed by atoms with Crippen LogP contribution in [-0.4, -0.2) is 19.5 Å². The maximum atomic E-state index is 12.8. The Morgan fingerprint density at radius 2 is 1.75 bits per heavy atom. The molecule has 2 aromatic carbocycles. The van der Waals surface area contributed by atoms with Crippen molar-refractivity contribution in [2.75, 3.05) is 18.9 Å². The van der Waals surface area contributed by atoms with Gasteiger partial charge in [-0.25, -0.2) is 4.39 Å². The molecule has 2 N–H and O–H groups in total. The second-order valence-corrected chi connectivity index (χ2v) is 4.85. The summed E-state index contributed by atoms with van der Waals surface area (Å²) in [6, 6.07) is 15.7. The van der Waals surface area contributed by atoms with Crippen LogP contribution in [-0.2, 0) is 11.3 Å². The minimum atomic E-state index is -0.242. The van der Waals surface area contributed by atoms with Crippen LogP contribution in [0.4, 0.5) is 10.1 Å². The molecule has 0 saturated carbocycles. The molecule has 0 aliphatic rings. The zero-order valence-electron chi connectivity index (χ0n) is 11.4. The minimum absolute atomic E-state index is 0.0317. The number of quaternary nitrogens is 1. The first-order valence-corrected chi connectivity index (χ1v) is 6.54. The summed E-state index contributed by atoms with van der Waals surface area (Å²) in [6.45, 7) is 1.05. The van der Waals surface area contributed by atoms with E-state index in [2.05, 4.69) is 5.32 Å². The number of carbonyl (C=O) groups excluding carboxylic acids is 1. The summed E-state index contributed by atoms with van der Waals surface area (Å²) in [5, 5.41) is 2.85. The SMILES string of the molecule is C[NH+](CC(=O)Nc1ccccc1)Cc1ccc(F)cc1. The van der Waals surface area contributed by atoms with Crippen LogP contribution in [0.3, 0.4) is 0 Å². The maximum absolute atomic E-state index is 12.8. The molecule has 4 heteroatoms. The number of likely N-dealkylation sites (N-methyl/N-ethyl adjacent to an activating group) is 1. The van der Waals surface area contributed by atoms with Crippen LogP contribution >= 0.6 is 0 Å². The molecule has 1 amide bonds.